The summed E-state index contributed by atoms with van der Waals surface area (Å²) in [6.45, 7) is 7.58. The van der Waals surface area contributed by atoms with Crippen molar-refractivity contribution < 1.29 is 14.7 Å². The van der Waals surface area contributed by atoms with E-state index in [0.29, 0.717) is 12.5 Å². The van der Waals surface area contributed by atoms with Gasteiger partial charge in [-0.05, 0) is 44.1 Å². The molecule has 21 heavy (non-hydrogen) atoms. The molecule has 1 saturated heterocycles. The lowest BCUT2D eigenvalue weighted by Crippen LogP contribution is -2.54. The fraction of sp³-hybridized carbons (Fsp3) is 0.875. The number of carboxylic acid groups (broad SMARTS) is 1. The van der Waals surface area contributed by atoms with Crippen molar-refractivity contribution in [1.29, 1.82) is 0 Å². The summed E-state index contributed by atoms with van der Waals surface area (Å²) in [6.07, 6.45) is 4.64. The molecule has 1 aliphatic rings. The van der Waals surface area contributed by atoms with Crippen LogP contribution in [0.2, 0.25) is 0 Å². The minimum atomic E-state index is -0.794. The molecule has 0 aromatic rings. The Morgan fingerprint density at radius 3 is 2.57 bits per heavy atom. The maximum Gasteiger partial charge on any atom is 0.303 e. The number of nitrogens with one attached hydrogen (secondary N) is 2. The third-order valence-corrected chi connectivity index (χ3v) is 4.17. The van der Waals surface area contributed by atoms with E-state index in [-0.39, 0.29) is 18.2 Å². The molecule has 2 unspecified atom stereocenters. The number of amides is 1. The smallest absolute Gasteiger partial charge is 0.303 e. The topological polar surface area (TPSA) is 78.4 Å². The Hall–Kier alpha value is -1.10. The molecule has 0 saturated carbocycles. The number of aliphatic carboxylic acids is 1. The SMILES string of the molecule is CCCC1(C(=O)NCC(CC(=O)O)CC(C)C)CCCN1. The van der Waals surface area contributed by atoms with Gasteiger partial charge in [0.25, 0.3) is 0 Å². The summed E-state index contributed by atoms with van der Waals surface area (Å²) in [4.78, 5) is 23.4. The van der Waals surface area contributed by atoms with E-state index >= 15 is 0 Å². The van der Waals surface area contributed by atoms with Crippen molar-refractivity contribution in [3.05, 3.63) is 0 Å². The van der Waals surface area contributed by atoms with E-state index in [2.05, 4.69) is 31.4 Å². The molecule has 1 amide bonds. The first kappa shape index (κ1) is 18.0. The molecule has 1 heterocycles. The Kier molecular flexibility index (Phi) is 7.15. The summed E-state index contributed by atoms with van der Waals surface area (Å²) < 4.78 is 0. The number of carbonyl (C=O) groups is 2. The van der Waals surface area contributed by atoms with Crippen LogP contribution in [0.4, 0.5) is 0 Å². The zero-order valence-corrected chi connectivity index (χ0v) is 13.6. The number of hydrogen-bond acceptors (Lipinski definition) is 3. The standard InChI is InChI=1S/C16H30N2O3/c1-4-6-16(7-5-8-18-16)15(21)17-11-13(9-12(2)3)10-14(19)20/h12-13,18H,4-11H2,1-3H3,(H,17,21)(H,19,20). The maximum absolute atomic E-state index is 12.5. The van der Waals surface area contributed by atoms with Gasteiger partial charge in [0.15, 0.2) is 0 Å². The predicted molar refractivity (Wildman–Crippen MR) is 83.1 cm³/mol. The number of carbonyl (C=O) groups excluding carboxylic acids is 1. The molecule has 3 N–H and O–H groups in total. The lowest BCUT2D eigenvalue weighted by molar-refractivity contribution is -0.138. The van der Waals surface area contributed by atoms with E-state index in [1.165, 1.54) is 0 Å². The van der Waals surface area contributed by atoms with E-state index in [1.54, 1.807) is 0 Å². The van der Waals surface area contributed by atoms with Crippen molar-refractivity contribution in [3.63, 3.8) is 0 Å². The van der Waals surface area contributed by atoms with Gasteiger partial charge in [0.1, 0.15) is 0 Å². The van der Waals surface area contributed by atoms with E-state index in [9.17, 15) is 9.59 Å². The van der Waals surface area contributed by atoms with Gasteiger partial charge < -0.3 is 15.7 Å². The van der Waals surface area contributed by atoms with Crippen LogP contribution in [0, 0.1) is 11.8 Å². The zero-order valence-electron chi connectivity index (χ0n) is 13.6. The van der Waals surface area contributed by atoms with E-state index < -0.39 is 11.5 Å². The monoisotopic (exact) mass is 298 g/mol. The molecule has 5 heteroatoms. The first-order chi connectivity index (χ1) is 9.89. The van der Waals surface area contributed by atoms with Gasteiger partial charge in [0.2, 0.25) is 5.91 Å². The minimum Gasteiger partial charge on any atom is -0.481 e. The van der Waals surface area contributed by atoms with Gasteiger partial charge in [-0.25, -0.2) is 0 Å². The molecule has 5 nitrogen and oxygen atoms in total. The summed E-state index contributed by atoms with van der Waals surface area (Å²) in [5, 5.41) is 15.3. The van der Waals surface area contributed by atoms with E-state index in [4.69, 9.17) is 5.11 Å². The highest BCUT2D eigenvalue weighted by molar-refractivity contribution is 5.86. The molecule has 0 radical (unpaired) electrons. The van der Waals surface area contributed by atoms with Gasteiger partial charge in [-0.2, -0.15) is 0 Å². The number of carboxylic acids is 1. The third-order valence-electron chi connectivity index (χ3n) is 4.17. The normalized spacial score (nSPS) is 23.2. The van der Waals surface area contributed by atoms with Crippen LogP contribution in [-0.2, 0) is 9.59 Å². The van der Waals surface area contributed by atoms with E-state index in [0.717, 1.165) is 38.6 Å². The quantitative estimate of drug-likeness (QED) is 0.609. The Morgan fingerprint density at radius 1 is 1.38 bits per heavy atom. The zero-order chi connectivity index (χ0) is 15.9. The molecule has 1 rings (SSSR count). The molecule has 1 aliphatic heterocycles. The fourth-order valence-electron chi connectivity index (χ4n) is 3.31. The molecule has 0 bridgehead atoms. The van der Waals surface area contributed by atoms with Crippen LogP contribution in [0.15, 0.2) is 0 Å². The summed E-state index contributed by atoms with van der Waals surface area (Å²) in [6, 6.07) is 0. The molecule has 1 fully saturated rings. The second kappa shape index (κ2) is 8.37. The molecular weight excluding hydrogens is 268 g/mol. The summed E-state index contributed by atoms with van der Waals surface area (Å²) in [5.74, 6) is -0.315. The van der Waals surface area contributed by atoms with Crippen molar-refractivity contribution in [2.45, 2.75) is 64.8 Å². The van der Waals surface area contributed by atoms with Crippen molar-refractivity contribution in [3.8, 4) is 0 Å². The van der Waals surface area contributed by atoms with Crippen LogP contribution in [0.25, 0.3) is 0 Å². The average Bonchev–Trinajstić information content (AvgIpc) is 2.84. The van der Waals surface area contributed by atoms with Crippen LogP contribution in [0.1, 0.15) is 59.3 Å². The van der Waals surface area contributed by atoms with Gasteiger partial charge in [-0.15, -0.1) is 0 Å². The molecule has 0 spiro atoms. The lowest BCUT2D eigenvalue weighted by atomic mass is 9.89. The Morgan fingerprint density at radius 2 is 2.10 bits per heavy atom. The molecule has 0 aromatic carbocycles. The molecule has 0 aromatic heterocycles. The average molecular weight is 298 g/mol. The first-order valence-corrected chi connectivity index (χ1v) is 8.14. The first-order valence-electron chi connectivity index (χ1n) is 8.14. The van der Waals surface area contributed by atoms with Gasteiger partial charge in [-0.1, -0.05) is 27.2 Å². The van der Waals surface area contributed by atoms with Gasteiger partial charge in [0.05, 0.1) is 5.54 Å². The summed E-state index contributed by atoms with van der Waals surface area (Å²) in [5.41, 5.74) is -0.430. The predicted octanol–water partition coefficient (Wildman–Crippen LogP) is 2.16. The highest BCUT2D eigenvalue weighted by Gasteiger charge is 2.39. The van der Waals surface area contributed by atoms with Crippen LogP contribution in [-0.4, -0.2) is 35.6 Å². The van der Waals surface area contributed by atoms with Crippen molar-refractivity contribution >= 4 is 11.9 Å². The highest BCUT2D eigenvalue weighted by Crippen LogP contribution is 2.25. The summed E-state index contributed by atoms with van der Waals surface area (Å²) in [7, 11) is 0. The van der Waals surface area contributed by atoms with Gasteiger partial charge >= 0.3 is 5.97 Å². The van der Waals surface area contributed by atoms with Crippen LogP contribution in [0.3, 0.4) is 0 Å². The molecule has 2 atom stereocenters. The molecule has 0 aliphatic carbocycles. The van der Waals surface area contributed by atoms with Crippen LogP contribution < -0.4 is 10.6 Å². The van der Waals surface area contributed by atoms with Gasteiger partial charge in [-0.3, -0.25) is 9.59 Å². The van der Waals surface area contributed by atoms with Crippen LogP contribution >= 0.6 is 0 Å². The van der Waals surface area contributed by atoms with E-state index in [1.807, 2.05) is 0 Å². The Bertz CT molecular complexity index is 349. The maximum atomic E-state index is 12.5. The second-order valence-corrected chi connectivity index (χ2v) is 6.67. The highest BCUT2D eigenvalue weighted by atomic mass is 16.4. The minimum absolute atomic E-state index is 0.00605. The molecular formula is C16H30N2O3. The Labute approximate surface area is 127 Å². The van der Waals surface area contributed by atoms with Crippen LogP contribution in [0.5, 0.6) is 0 Å². The number of hydrogen-bond donors (Lipinski definition) is 3. The largest absolute Gasteiger partial charge is 0.481 e. The fourth-order valence-corrected chi connectivity index (χ4v) is 3.31. The second-order valence-electron chi connectivity index (χ2n) is 6.67. The third kappa shape index (κ3) is 5.65. The lowest BCUT2D eigenvalue weighted by Gasteiger charge is -2.29. The van der Waals surface area contributed by atoms with Crippen molar-refractivity contribution in [2.75, 3.05) is 13.1 Å². The molecule has 122 valence electrons. The summed E-state index contributed by atoms with van der Waals surface area (Å²) >= 11 is 0. The number of rotatable bonds is 9. The van der Waals surface area contributed by atoms with Crippen molar-refractivity contribution in [1.82, 2.24) is 10.6 Å². The Balaban J connectivity index is 2.56. The van der Waals surface area contributed by atoms with Crippen molar-refractivity contribution in [2.24, 2.45) is 11.8 Å². The van der Waals surface area contributed by atoms with Gasteiger partial charge in [0, 0.05) is 13.0 Å².